The Morgan fingerprint density at radius 2 is 1.47 bits per heavy atom. The van der Waals surface area contributed by atoms with Gasteiger partial charge in [-0.3, -0.25) is 14.4 Å². The lowest BCUT2D eigenvalue weighted by molar-refractivity contribution is -0.142. The van der Waals surface area contributed by atoms with E-state index in [1.165, 1.54) is 12.1 Å². The molecule has 10 nitrogen and oxygen atoms in total. The van der Waals surface area contributed by atoms with Gasteiger partial charge in [-0.2, -0.15) is 4.72 Å². The Labute approximate surface area is 291 Å². The Kier molecular flexibility index (Phi) is 13.1. The van der Waals surface area contributed by atoms with Crippen LogP contribution in [0.15, 0.2) is 95.9 Å². The van der Waals surface area contributed by atoms with Crippen LogP contribution in [0.1, 0.15) is 51.7 Å². The van der Waals surface area contributed by atoms with Crippen molar-refractivity contribution in [3.05, 3.63) is 102 Å². The highest BCUT2D eigenvalue weighted by molar-refractivity contribution is 7.89. The molecule has 49 heavy (non-hydrogen) atoms. The van der Waals surface area contributed by atoms with E-state index in [0.29, 0.717) is 25.9 Å². The third-order valence-electron chi connectivity index (χ3n) is 9.07. The second-order valence-electron chi connectivity index (χ2n) is 13.8. The zero-order valence-electron chi connectivity index (χ0n) is 29.3. The first-order valence-corrected chi connectivity index (χ1v) is 18.5. The van der Waals surface area contributed by atoms with Crippen molar-refractivity contribution in [1.29, 1.82) is 0 Å². The molecule has 1 saturated heterocycles. The number of amides is 3. The summed E-state index contributed by atoms with van der Waals surface area (Å²) in [5.41, 5.74) is 1.29. The van der Waals surface area contributed by atoms with Gasteiger partial charge >= 0.3 is 0 Å². The highest BCUT2D eigenvalue weighted by atomic mass is 32.2. The fourth-order valence-corrected chi connectivity index (χ4v) is 7.30. The summed E-state index contributed by atoms with van der Waals surface area (Å²) in [4.78, 5) is 45.3. The molecule has 0 aromatic heterocycles. The van der Waals surface area contributed by atoms with Gasteiger partial charge in [0.05, 0.1) is 10.9 Å². The van der Waals surface area contributed by atoms with Crippen LogP contribution in [0.4, 0.5) is 0 Å². The Balaban J connectivity index is 1.65. The van der Waals surface area contributed by atoms with Crippen molar-refractivity contribution in [2.75, 3.05) is 26.7 Å². The molecule has 0 saturated carbocycles. The average molecular weight is 690 g/mol. The summed E-state index contributed by atoms with van der Waals surface area (Å²) in [5.74, 6) is -0.810. The minimum atomic E-state index is -4.03. The van der Waals surface area contributed by atoms with Gasteiger partial charge in [0.2, 0.25) is 27.7 Å². The number of hydrogen-bond acceptors (Lipinski definition) is 6. The fourth-order valence-electron chi connectivity index (χ4n) is 6.09. The van der Waals surface area contributed by atoms with Gasteiger partial charge in [0.15, 0.2) is 0 Å². The molecule has 3 aromatic rings. The Morgan fingerprint density at radius 3 is 2.04 bits per heavy atom. The number of rotatable bonds is 15. The number of likely N-dealkylation sites (N-methyl/N-ethyl adjacent to an activating group) is 1. The van der Waals surface area contributed by atoms with E-state index in [0.717, 1.165) is 17.5 Å². The normalized spacial score (nSPS) is 16.8. The summed E-state index contributed by atoms with van der Waals surface area (Å²) >= 11 is 0. The van der Waals surface area contributed by atoms with E-state index < -0.39 is 33.6 Å². The number of likely N-dealkylation sites (tertiary alicyclic amines) is 1. The monoisotopic (exact) mass is 689 g/mol. The average Bonchev–Trinajstić information content (AvgIpc) is 3.56. The lowest BCUT2D eigenvalue weighted by Gasteiger charge is -2.38. The second kappa shape index (κ2) is 17.0. The maximum Gasteiger partial charge on any atom is 0.246 e. The number of nitrogens with zero attached hydrogens (tertiary/aromatic N) is 2. The van der Waals surface area contributed by atoms with Gasteiger partial charge < -0.3 is 20.4 Å². The van der Waals surface area contributed by atoms with E-state index in [9.17, 15) is 22.8 Å². The highest BCUT2D eigenvalue weighted by Gasteiger charge is 2.41. The van der Waals surface area contributed by atoms with Crippen LogP contribution in [-0.4, -0.2) is 86.8 Å². The molecule has 264 valence electrons. The molecule has 3 amide bonds. The van der Waals surface area contributed by atoms with Crippen molar-refractivity contribution in [3.8, 4) is 0 Å². The molecule has 0 radical (unpaired) electrons. The quantitative estimate of drug-likeness (QED) is 0.223. The molecule has 3 N–H and O–H groups in total. The van der Waals surface area contributed by atoms with Crippen molar-refractivity contribution < 1.29 is 22.8 Å². The second-order valence-corrected chi connectivity index (χ2v) is 15.6. The van der Waals surface area contributed by atoms with Crippen LogP contribution in [0.3, 0.4) is 0 Å². The van der Waals surface area contributed by atoms with Crippen LogP contribution in [0.2, 0.25) is 0 Å². The van der Waals surface area contributed by atoms with Gasteiger partial charge in [-0.15, -0.1) is 0 Å². The molecular weight excluding hydrogens is 639 g/mol. The van der Waals surface area contributed by atoms with E-state index in [1.54, 1.807) is 42.0 Å². The summed E-state index contributed by atoms with van der Waals surface area (Å²) in [6.45, 7) is 8.58. The topological polar surface area (TPSA) is 128 Å². The molecule has 0 aliphatic carbocycles. The molecule has 0 bridgehead atoms. The third kappa shape index (κ3) is 10.5. The van der Waals surface area contributed by atoms with Gasteiger partial charge in [-0.05, 0) is 68.3 Å². The summed E-state index contributed by atoms with van der Waals surface area (Å²) in [5, 5.41) is 5.89. The predicted octanol–water partition coefficient (Wildman–Crippen LogP) is 3.78. The predicted molar refractivity (Wildman–Crippen MR) is 192 cm³/mol. The zero-order chi connectivity index (χ0) is 35.6. The first-order valence-electron chi connectivity index (χ1n) is 17.0. The largest absolute Gasteiger partial charge is 0.342 e. The number of benzene rings is 3. The molecule has 4 rings (SSSR count). The first-order chi connectivity index (χ1) is 23.3. The zero-order valence-corrected chi connectivity index (χ0v) is 30.1. The Hall–Kier alpha value is -4.06. The summed E-state index contributed by atoms with van der Waals surface area (Å²) in [6.07, 6.45) is 2.14. The van der Waals surface area contributed by atoms with E-state index in [4.69, 9.17) is 0 Å². The molecule has 1 fully saturated rings. The minimum Gasteiger partial charge on any atom is -0.342 e. The van der Waals surface area contributed by atoms with Gasteiger partial charge in [-0.25, -0.2) is 8.42 Å². The molecule has 1 aliphatic rings. The van der Waals surface area contributed by atoms with Crippen molar-refractivity contribution in [3.63, 3.8) is 0 Å². The summed E-state index contributed by atoms with van der Waals surface area (Å²) in [7, 11) is -2.34. The Bertz CT molecular complexity index is 1630. The van der Waals surface area contributed by atoms with E-state index >= 15 is 0 Å². The van der Waals surface area contributed by atoms with Gasteiger partial charge in [0.1, 0.15) is 12.1 Å². The fraction of sp³-hybridized carbons (Fsp3) is 0.447. The number of carbonyl (C=O) groups is 3. The maximum atomic E-state index is 14.6. The summed E-state index contributed by atoms with van der Waals surface area (Å²) in [6, 6.07) is 24.6. The van der Waals surface area contributed by atoms with E-state index in [-0.39, 0.29) is 41.6 Å². The SMILES string of the molecule is CN[C@@H](C)C(=O)N[C@H](C(=O)N1CCC[C@H]1CN(CCc1ccccc1)C(=O)[C@@H](Cc1ccccc1)NS(=O)(=O)c1ccccc1)C(C)(C)C. The molecule has 0 spiro atoms. The first kappa shape index (κ1) is 37.8. The third-order valence-corrected chi connectivity index (χ3v) is 10.6. The van der Waals surface area contributed by atoms with Crippen molar-refractivity contribution in [2.24, 2.45) is 5.41 Å². The standard InChI is InChI=1S/C38H51N5O5S/c1-28(39-5)35(44)40-34(38(2,3)4)37(46)43-24-15-20-31(43)27-42(25-23-29-16-9-6-10-17-29)36(45)33(26-30-18-11-7-12-19-30)41-49(47,48)32-21-13-8-14-22-32/h6-14,16-19,21-22,28,31,33-34,39,41H,15,20,23-27H2,1-5H3,(H,40,44)/t28-,31-,33+,34+/m0/s1. The smallest absolute Gasteiger partial charge is 0.246 e. The van der Waals surface area contributed by atoms with Crippen LogP contribution in [0.25, 0.3) is 0 Å². The molecule has 11 heteroatoms. The van der Waals surface area contributed by atoms with Crippen LogP contribution in [0, 0.1) is 5.41 Å². The van der Waals surface area contributed by atoms with Crippen LogP contribution < -0.4 is 15.4 Å². The van der Waals surface area contributed by atoms with Crippen LogP contribution in [-0.2, 0) is 37.2 Å². The minimum absolute atomic E-state index is 0.0760. The van der Waals surface area contributed by atoms with E-state index in [2.05, 4.69) is 15.4 Å². The number of hydrogen-bond donors (Lipinski definition) is 3. The molecule has 1 aliphatic heterocycles. The molecule has 1 heterocycles. The number of nitrogens with one attached hydrogen (secondary N) is 3. The highest BCUT2D eigenvalue weighted by Crippen LogP contribution is 2.27. The number of sulfonamides is 1. The van der Waals surface area contributed by atoms with Gasteiger partial charge in [0.25, 0.3) is 0 Å². The maximum absolute atomic E-state index is 14.6. The molecule has 3 aromatic carbocycles. The van der Waals surface area contributed by atoms with Crippen molar-refractivity contribution in [2.45, 2.75) is 82.4 Å². The van der Waals surface area contributed by atoms with Crippen molar-refractivity contribution >= 4 is 27.7 Å². The van der Waals surface area contributed by atoms with Crippen molar-refractivity contribution in [1.82, 2.24) is 25.2 Å². The lowest BCUT2D eigenvalue weighted by Crippen LogP contribution is -2.59. The van der Waals surface area contributed by atoms with E-state index in [1.807, 2.05) is 81.4 Å². The molecule has 0 unspecified atom stereocenters. The molecule has 4 atom stereocenters. The Morgan fingerprint density at radius 1 is 0.898 bits per heavy atom. The van der Waals surface area contributed by atoms with Gasteiger partial charge in [0, 0.05) is 25.7 Å². The van der Waals surface area contributed by atoms with Crippen LogP contribution >= 0.6 is 0 Å². The summed E-state index contributed by atoms with van der Waals surface area (Å²) < 4.78 is 29.9. The van der Waals surface area contributed by atoms with Gasteiger partial charge in [-0.1, -0.05) is 99.6 Å². The lowest BCUT2D eigenvalue weighted by atomic mass is 9.85. The molecular formula is C38H51N5O5S. The number of carbonyl (C=O) groups excluding carboxylic acids is 3. The van der Waals surface area contributed by atoms with Crippen LogP contribution in [0.5, 0.6) is 0 Å².